The van der Waals surface area contributed by atoms with Crippen molar-refractivity contribution in [2.24, 2.45) is 0 Å². The van der Waals surface area contributed by atoms with Gasteiger partial charge in [-0.05, 0) is 103 Å². The Bertz CT molecular complexity index is 1150. The molecule has 0 atom stereocenters. The number of carbonyl (C=O) groups is 1. The van der Waals surface area contributed by atoms with E-state index in [1.165, 1.54) is 0 Å². The van der Waals surface area contributed by atoms with Gasteiger partial charge in [0.15, 0.2) is 0 Å². The molecule has 0 bridgehead atoms. The van der Waals surface area contributed by atoms with Crippen molar-refractivity contribution in [2.45, 2.75) is 20.8 Å². The van der Waals surface area contributed by atoms with E-state index in [0.717, 1.165) is 31.8 Å². The molecule has 0 aliphatic carbocycles. The lowest BCUT2D eigenvalue weighted by molar-refractivity contribution is -0.112. The Kier molecular flexibility index (Phi) is 6.46. The van der Waals surface area contributed by atoms with Gasteiger partial charge >= 0.3 is 0 Å². The second-order valence-electron chi connectivity index (χ2n) is 6.73. The molecule has 1 heterocycles. The molecule has 0 unspecified atom stereocenters. The van der Waals surface area contributed by atoms with E-state index in [-0.39, 0.29) is 5.57 Å². The van der Waals surface area contributed by atoms with Crippen LogP contribution in [0.1, 0.15) is 22.5 Å². The molecule has 0 spiro atoms. The molecule has 0 saturated carbocycles. The van der Waals surface area contributed by atoms with E-state index < -0.39 is 5.91 Å². The maximum atomic E-state index is 12.6. The van der Waals surface area contributed by atoms with Crippen LogP contribution in [-0.4, -0.2) is 10.5 Å². The van der Waals surface area contributed by atoms with E-state index in [9.17, 15) is 10.1 Å². The molecule has 3 rings (SSSR count). The summed E-state index contributed by atoms with van der Waals surface area (Å²) in [7, 11) is 0. The molecular formula is C23H19ClIN3O. The van der Waals surface area contributed by atoms with Gasteiger partial charge in [0.25, 0.3) is 5.91 Å². The largest absolute Gasteiger partial charge is 0.321 e. The fourth-order valence-corrected chi connectivity index (χ4v) is 3.63. The minimum absolute atomic E-state index is 0.0320. The fraction of sp³-hybridized carbons (Fsp3) is 0.130. The van der Waals surface area contributed by atoms with Crippen LogP contribution < -0.4 is 5.32 Å². The number of nitriles is 1. The fourth-order valence-electron chi connectivity index (χ4n) is 3.09. The Morgan fingerprint density at radius 2 is 1.83 bits per heavy atom. The van der Waals surface area contributed by atoms with Gasteiger partial charge in [0.1, 0.15) is 11.6 Å². The number of benzene rings is 2. The number of halogens is 2. The van der Waals surface area contributed by atoms with E-state index in [4.69, 9.17) is 11.6 Å². The zero-order valence-corrected chi connectivity index (χ0v) is 19.2. The van der Waals surface area contributed by atoms with Crippen LogP contribution >= 0.6 is 34.2 Å². The van der Waals surface area contributed by atoms with Gasteiger partial charge in [-0.25, -0.2) is 0 Å². The minimum Gasteiger partial charge on any atom is -0.321 e. The van der Waals surface area contributed by atoms with E-state index >= 15 is 0 Å². The van der Waals surface area contributed by atoms with Crippen LogP contribution in [0.5, 0.6) is 0 Å². The first-order valence-corrected chi connectivity index (χ1v) is 10.4. The molecule has 1 amide bonds. The van der Waals surface area contributed by atoms with Crippen molar-refractivity contribution in [3.05, 3.63) is 85.2 Å². The first kappa shape index (κ1) is 21.2. The number of aromatic nitrogens is 1. The molecule has 1 N–H and O–H groups in total. The third-order valence-electron chi connectivity index (χ3n) is 4.65. The van der Waals surface area contributed by atoms with Gasteiger partial charge in [0, 0.05) is 31.4 Å². The highest BCUT2D eigenvalue weighted by molar-refractivity contribution is 14.1. The van der Waals surface area contributed by atoms with Crippen molar-refractivity contribution < 1.29 is 4.79 Å². The lowest BCUT2D eigenvalue weighted by Gasteiger charge is -2.10. The van der Waals surface area contributed by atoms with Crippen molar-refractivity contribution in [2.75, 3.05) is 5.32 Å². The highest BCUT2D eigenvalue weighted by atomic mass is 127. The number of hydrogen-bond acceptors (Lipinski definition) is 2. The first-order chi connectivity index (χ1) is 13.8. The molecule has 1 aromatic heterocycles. The predicted octanol–water partition coefficient (Wildman–Crippen LogP) is 6.21. The van der Waals surface area contributed by atoms with Gasteiger partial charge in [-0.2, -0.15) is 5.26 Å². The molecule has 0 saturated heterocycles. The maximum Gasteiger partial charge on any atom is 0.266 e. The van der Waals surface area contributed by atoms with Crippen molar-refractivity contribution >= 4 is 51.9 Å². The summed E-state index contributed by atoms with van der Waals surface area (Å²) in [4.78, 5) is 12.6. The van der Waals surface area contributed by atoms with Crippen LogP contribution in [0, 0.1) is 35.7 Å². The summed E-state index contributed by atoms with van der Waals surface area (Å²) in [6, 6.07) is 17.4. The summed E-state index contributed by atoms with van der Waals surface area (Å²) in [6.45, 7) is 5.87. The highest BCUT2D eigenvalue weighted by Gasteiger charge is 2.14. The summed E-state index contributed by atoms with van der Waals surface area (Å²) < 4.78 is 3.27. The second-order valence-corrected chi connectivity index (χ2v) is 8.38. The van der Waals surface area contributed by atoms with Gasteiger partial charge in [-0.15, -0.1) is 0 Å². The van der Waals surface area contributed by atoms with Gasteiger partial charge in [0.05, 0.1) is 0 Å². The zero-order chi connectivity index (χ0) is 21.1. The van der Waals surface area contributed by atoms with E-state index in [1.807, 2.05) is 63.2 Å². The summed E-state index contributed by atoms with van der Waals surface area (Å²) >= 11 is 8.39. The van der Waals surface area contributed by atoms with Gasteiger partial charge in [-0.1, -0.05) is 17.7 Å². The third-order valence-corrected chi connectivity index (χ3v) is 5.78. The third kappa shape index (κ3) is 4.72. The topological polar surface area (TPSA) is 57.8 Å². The Morgan fingerprint density at radius 3 is 2.45 bits per heavy atom. The SMILES string of the molecule is Cc1ccc(NC(=O)/C(C#N)=C/c2cc(C)n(-c3ccc(I)cc3)c2C)cc1Cl. The summed E-state index contributed by atoms with van der Waals surface area (Å²) in [5.74, 6) is -0.466. The first-order valence-electron chi connectivity index (χ1n) is 8.94. The zero-order valence-electron chi connectivity index (χ0n) is 16.3. The Balaban J connectivity index is 1.92. The number of carbonyl (C=O) groups excluding carboxylic acids is 1. The predicted molar refractivity (Wildman–Crippen MR) is 126 cm³/mol. The van der Waals surface area contributed by atoms with Gasteiger partial charge < -0.3 is 9.88 Å². The van der Waals surface area contributed by atoms with E-state index in [0.29, 0.717) is 10.7 Å². The normalized spacial score (nSPS) is 11.2. The molecule has 0 aliphatic heterocycles. The maximum absolute atomic E-state index is 12.6. The molecular weight excluding hydrogens is 497 g/mol. The van der Waals surface area contributed by atoms with Crippen LogP contribution in [0.2, 0.25) is 5.02 Å². The van der Waals surface area contributed by atoms with Crippen molar-refractivity contribution in [3.63, 3.8) is 0 Å². The number of rotatable bonds is 4. The van der Waals surface area contributed by atoms with Crippen LogP contribution in [0.4, 0.5) is 5.69 Å². The highest BCUT2D eigenvalue weighted by Crippen LogP contribution is 2.24. The molecule has 0 radical (unpaired) electrons. The summed E-state index contributed by atoms with van der Waals surface area (Å²) in [5, 5.41) is 12.8. The number of nitrogens with zero attached hydrogens (tertiary/aromatic N) is 2. The summed E-state index contributed by atoms with van der Waals surface area (Å²) in [5.41, 5.74) is 5.36. The standard InChI is InChI=1S/C23H19ClIN3O/c1-14-4-7-20(12-22(14)24)27-23(29)18(13-26)11-17-10-15(2)28(16(17)3)21-8-5-19(25)6-9-21/h4-12H,1-3H3,(H,27,29)/b18-11+. The van der Waals surface area contributed by atoms with E-state index in [1.54, 1.807) is 18.2 Å². The molecule has 3 aromatic rings. The van der Waals surface area contributed by atoms with Crippen LogP contribution in [-0.2, 0) is 4.79 Å². The lowest BCUT2D eigenvalue weighted by atomic mass is 10.1. The van der Waals surface area contributed by atoms with Crippen LogP contribution in [0.3, 0.4) is 0 Å². The lowest BCUT2D eigenvalue weighted by Crippen LogP contribution is -2.13. The molecule has 2 aromatic carbocycles. The molecule has 146 valence electrons. The van der Waals surface area contributed by atoms with E-state index in [2.05, 4.69) is 32.5 Å². The second kappa shape index (κ2) is 8.85. The van der Waals surface area contributed by atoms with Crippen LogP contribution in [0.25, 0.3) is 11.8 Å². The monoisotopic (exact) mass is 515 g/mol. The van der Waals surface area contributed by atoms with Crippen LogP contribution in [0.15, 0.2) is 54.1 Å². The van der Waals surface area contributed by atoms with Crippen molar-refractivity contribution in [1.29, 1.82) is 5.26 Å². The van der Waals surface area contributed by atoms with Gasteiger partial charge in [0.2, 0.25) is 0 Å². The van der Waals surface area contributed by atoms with Gasteiger partial charge in [-0.3, -0.25) is 4.79 Å². The average Bonchev–Trinajstić information content (AvgIpc) is 2.96. The molecule has 4 nitrogen and oxygen atoms in total. The number of aryl methyl sites for hydroxylation is 2. The molecule has 0 aliphatic rings. The van der Waals surface area contributed by atoms with Crippen molar-refractivity contribution in [3.8, 4) is 11.8 Å². The molecule has 0 fully saturated rings. The Hall–Kier alpha value is -2.56. The molecule has 29 heavy (non-hydrogen) atoms. The number of anilines is 1. The van der Waals surface area contributed by atoms with Crippen molar-refractivity contribution in [1.82, 2.24) is 4.57 Å². The summed E-state index contributed by atoms with van der Waals surface area (Å²) in [6.07, 6.45) is 1.62. The average molecular weight is 516 g/mol. The minimum atomic E-state index is -0.466. The molecule has 6 heteroatoms. The number of nitrogens with one attached hydrogen (secondary N) is 1. The smallest absolute Gasteiger partial charge is 0.266 e. The quantitative estimate of drug-likeness (QED) is 0.255. The number of hydrogen-bond donors (Lipinski definition) is 1. The Labute approximate surface area is 188 Å². The number of amides is 1. The Morgan fingerprint density at radius 1 is 1.14 bits per heavy atom.